The van der Waals surface area contributed by atoms with Crippen LogP contribution in [0.5, 0.6) is 0 Å². The Kier molecular flexibility index (Phi) is 4.39. The van der Waals surface area contributed by atoms with Gasteiger partial charge in [0, 0.05) is 11.3 Å². The lowest BCUT2D eigenvalue weighted by Gasteiger charge is -2.36. The maximum Gasteiger partial charge on any atom is 0.0201 e. The minimum absolute atomic E-state index is 0.484. The van der Waals surface area contributed by atoms with Gasteiger partial charge in [-0.1, -0.05) is 26.2 Å². The summed E-state index contributed by atoms with van der Waals surface area (Å²) < 4.78 is 0. The van der Waals surface area contributed by atoms with Crippen LogP contribution < -0.4 is 5.73 Å². The fraction of sp³-hybridized carbons (Fsp3) is 1.00. The average molecular weight is 227 g/mol. The zero-order valence-corrected chi connectivity index (χ0v) is 10.8. The van der Waals surface area contributed by atoms with Crippen LogP contribution in [0.25, 0.3) is 0 Å². The van der Waals surface area contributed by atoms with Gasteiger partial charge in [-0.2, -0.15) is 11.8 Å². The highest BCUT2D eigenvalue weighted by atomic mass is 32.2. The largest absolute Gasteiger partial charge is 0.326 e. The molecule has 2 aliphatic rings. The minimum Gasteiger partial charge on any atom is -0.326 e. The van der Waals surface area contributed by atoms with Gasteiger partial charge in [0.2, 0.25) is 0 Å². The maximum atomic E-state index is 6.46. The second kappa shape index (κ2) is 5.58. The molecule has 15 heavy (non-hydrogen) atoms. The standard InChI is InChI=1S/C13H25NS/c1-10-5-4-6-11(9-10)13(14)12-7-2-3-8-15-12/h10-13H,2-9,14H2,1H3. The third kappa shape index (κ3) is 3.13. The molecule has 1 saturated carbocycles. The quantitative estimate of drug-likeness (QED) is 0.782. The zero-order chi connectivity index (χ0) is 10.7. The van der Waals surface area contributed by atoms with Crippen LogP contribution in [0.1, 0.15) is 51.9 Å². The molecule has 1 heterocycles. The van der Waals surface area contributed by atoms with Crippen LogP contribution in [0.4, 0.5) is 0 Å². The Hall–Kier alpha value is 0.310. The molecule has 88 valence electrons. The first-order chi connectivity index (χ1) is 7.27. The SMILES string of the molecule is CC1CCCC(C(N)C2CCCCS2)C1. The van der Waals surface area contributed by atoms with Crippen molar-refractivity contribution in [2.75, 3.05) is 5.75 Å². The molecule has 2 rings (SSSR count). The highest BCUT2D eigenvalue weighted by Gasteiger charge is 2.30. The lowest BCUT2D eigenvalue weighted by molar-refractivity contribution is 0.240. The van der Waals surface area contributed by atoms with Crippen molar-refractivity contribution >= 4 is 11.8 Å². The van der Waals surface area contributed by atoms with E-state index in [2.05, 4.69) is 18.7 Å². The van der Waals surface area contributed by atoms with Gasteiger partial charge in [-0.05, 0) is 43.3 Å². The Morgan fingerprint density at radius 1 is 1.13 bits per heavy atom. The van der Waals surface area contributed by atoms with E-state index in [1.807, 2.05) is 0 Å². The first-order valence-corrected chi connectivity index (χ1v) is 7.69. The Morgan fingerprint density at radius 2 is 2.00 bits per heavy atom. The van der Waals surface area contributed by atoms with Crippen LogP contribution in [0.3, 0.4) is 0 Å². The van der Waals surface area contributed by atoms with E-state index in [0.717, 1.165) is 17.1 Å². The second-order valence-electron chi connectivity index (χ2n) is 5.51. The summed E-state index contributed by atoms with van der Waals surface area (Å²) in [6.45, 7) is 2.40. The molecule has 0 aromatic carbocycles. The summed E-state index contributed by atoms with van der Waals surface area (Å²) in [5.74, 6) is 3.09. The monoisotopic (exact) mass is 227 g/mol. The molecule has 0 aromatic heterocycles. The van der Waals surface area contributed by atoms with E-state index in [1.165, 1.54) is 50.7 Å². The number of rotatable bonds is 2. The number of nitrogens with two attached hydrogens (primary N) is 1. The van der Waals surface area contributed by atoms with Crippen molar-refractivity contribution in [1.82, 2.24) is 0 Å². The van der Waals surface area contributed by atoms with Gasteiger partial charge in [-0.25, -0.2) is 0 Å². The van der Waals surface area contributed by atoms with E-state index in [-0.39, 0.29) is 0 Å². The van der Waals surface area contributed by atoms with E-state index in [9.17, 15) is 0 Å². The van der Waals surface area contributed by atoms with Gasteiger partial charge in [0.1, 0.15) is 0 Å². The third-order valence-electron chi connectivity index (χ3n) is 4.17. The van der Waals surface area contributed by atoms with Crippen molar-refractivity contribution in [3.63, 3.8) is 0 Å². The molecule has 1 nitrogen and oxygen atoms in total. The molecule has 0 spiro atoms. The van der Waals surface area contributed by atoms with E-state index >= 15 is 0 Å². The maximum absolute atomic E-state index is 6.46. The summed E-state index contributed by atoms with van der Waals surface area (Å²) >= 11 is 2.14. The molecule has 1 aliphatic heterocycles. The van der Waals surface area contributed by atoms with Crippen molar-refractivity contribution < 1.29 is 0 Å². The molecule has 4 unspecified atom stereocenters. The minimum atomic E-state index is 0.484. The lowest BCUT2D eigenvalue weighted by Crippen LogP contribution is -2.42. The van der Waals surface area contributed by atoms with Gasteiger partial charge < -0.3 is 5.73 Å². The lowest BCUT2D eigenvalue weighted by atomic mass is 9.77. The molecule has 1 aliphatic carbocycles. The van der Waals surface area contributed by atoms with Crippen LogP contribution in [-0.4, -0.2) is 17.0 Å². The molecular formula is C13H25NS. The fourth-order valence-electron chi connectivity index (χ4n) is 3.20. The van der Waals surface area contributed by atoms with Crippen molar-refractivity contribution in [3.05, 3.63) is 0 Å². The summed E-state index contributed by atoms with van der Waals surface area (Å²) in [6.07, 6.45) is 9.82. The van der Waals surface area contributed by atoms with E-state index in [1.54, 1.807) is 0 Å². The predicted octanol–water partition coefficient (Wildman–Crippen LogP) is 3.43. The molecule has 4 atom stereocenters. The molecular weight excluding hydrogens is 202 g/mol. The normalized spacial score (nSPS) is 40.0. The van der Waals surface area contributed by atoms with Gasteiger partial charge in [-0.3, -0.25) is 0 Å². The van der Waals surface area contributed by atoms with Crippen LogP contribution in [0, 0.1) is 11.8 Å². The van der Waals surface area contributed by atoms with Gasteiger partial charge in [0.25, 0.3) is 0 Å². The molecule has 0 bridgehead atoms. The zero-order valence-electron chi connectivity index (χ0n) is 9.95. The van der Waals surface area contributed by atoms with Gasteiger partial charge in [-0.15, -0.1) is 0 Å². The Bertz CT molecular complexity index is 189. The molecule has 0 amide bonds. The Balaban J connectivity index is 1.85. The molecule has 1 saturated heterocycles. The number of thioether (sulfide) groups is 1. The molecule has 2 heteroatoms. The molecule has 2 fully saturated rings. The van der Waals surface area contributed by atoms with Crippen LogP contribution >= 0.6 is 11.8 Å². The first kappa shape index (κ1) is 11.8. The highest BCUT2D eigenvalue weighted by Crippen LogP contribution is 2.36. The molecule has 0 aromatic rings. The van der Waals surface area contributed by atoms with Crippen molar-refractivity contribution in [2.45, 2.75) is 63.2 Å². The van der Waals surface area contributed by atoms with E-state index < -0.39 is 0 Å². The topological polar surface area (TPSA) is 26.0 Å². The van der Waals surface area contributed by atoms with Gasteiger partial charge in [0.05, 0.1) is 0 Å². The third-order valence-corrected chi connectivity index (χ3v) is 5.67. The Morgan fingerprint density at radius 3 is 2.67 bits per heavy atom. The predicted molar refractivity (Wildman–Crippen MR) is 69.2 cm³/mol. The number of hydrogen-bond acceptors (Lipinski definition) is 2. The van der Waals surface area contributed by atoms with Crippen LogP contribution in [0.2, 0.25) is 0 Å². The number of hydrogen-bond donors (Lipinski definition) is 1. The van der Waals surface area contributed by atoms with Crippen LogP contribution in [-0.2, 0) is 0 Å². The Labute approximate surface area is 98.6 Å². The van der Waals surface area contributed by atoms with E-state index in [4.69, 9.17) is 5.73 Å². The van der Waals surface area contributed by atoms with Crippen LogP contribution in [0.15, 0.2) is 0 Å². The first-order valence-electron chi connectivity index (χ1n) is 6.64. The second-order valence-corrected chi connectivity index (χ2v) is 6.86. The van der Waals surface area contributed by atoms with Crippen molar-refractivity contribution in [3.8, 4) is 0 Å². The highest BCUT2D eigenvalue weighted by molar-refractivity contribution is 8.00. The van der Waals surface area contributed by atoms with Gasteiger partial charge >= 0.3 is 0 Å². The molecule has 2 N–H and O–H groups in total. The van der Waals surface area contributed by atoms with Crippen molar-refractivity contribution in [1.29, 1.82) is 0 Å². The average Bonchev–Trinajstić information content (AvgIpc) is 2.29. The smallest absolute Gasteiger partial charge is 0.0201 e. The summed E-state index contributed by atoms with van der Waals surface area (Å²) in [5, 5.41) is 0.772. The van der Waals surface area contributed by atoms with E-state index in [0.29, 0.717) is 6.04 Å². The van der Waals surface area contributed by atoms with Gasteiger partial charge in [0.15, 0.2) is 0 Å². The summed E-state index contributed by atoms with van der Waals surface area (Å²) in [7, 11) is 0. The fourth-order valence-corrected chi connectivity index (χ4v) is 4.65. The van der Waals surface area contributed by atoms with Crippen molar-refractivity contribution in [2.24, 2.45) is 17.6 Å². The summed E-state index contributed by atoms with van der Waals surface area (Å²) in [6, 6.07) is 0.484. The molecule has 0 radical (unpaired) electrons. The summed E-state index contributed by atoms with van der Waals surface area (Å²) in [4.78, 5) is 0. The summed E-state index contributed by atoms with van der Waals surface area (Å²) in [5.41, 5.74) is 6.46.